The molecule has 1 aliphatic rings. The molecule has 0 aliphatic carbocycles. The van der Waals surface area contributed by atoms with Gasteiger partial charge in [0.05, 0.1) is 6.61 Å². The predicted octanol–water partition coefficient (Wildman–Crippen LogP) is -0.973. The molecule has 1 fully saturated rings. The maximum Gasteiger partial charge on any atom is 0.351 e. The SMILES string of the molecule is CC(C)CC[C@@]1(n2ccc(N)nc2=O)O[C@H](CO)[C@@H](O)[C@H]1O. The number of nitrogen functional groups attached to an aromatic ring is 1. The van der Waals surface area contributed by atoms with Crippen molar-refractivity contribution < 1.29 is 20.1 Å². The standard InChI is InChI=1S/C14H23N3O5/c1-8(2)3-5-14(12(20)11(19)9(7-18)22-14)17-6-4-10(15)16-13(17)21/h4,6,8-9,11-12,18-20H,3,5,7H2,1-2H3,(H2,15,16,21)/t9-,11-,12-,14-/m1/s1. The largest absolute Gasteiger partial charge is 0.394 e. The Morgan fingerprint density at radius 1 is 1.50 bits per heavy atom. The Balaban J connectivity index is 2.49. The number of hydrogen-bond donors (Lipinski definition) is 4. The molecule has 0 bridgehead atoms. The first-order chi connectivity index (χ1) is 10.3. The Labute approximate surface area is 128 Å². The third-order valence-electron chi connectivity index (χ3n) is 4.01. The summed E-state index contributed by atoms with van der Waals surface area (Å²) in [7, 11) is 0. The van der Waals surface area contributed by atoms with Gasteiger partial charge in [-0.3, -0.25) is 4.57 Å². The molecule has 2 heterocycles. The lowest BCUT2D eigenvalue weighted by Crippen LogP contribution is -2.50. The van der Waals surface area contributed by atoms with Gasteiger partial charge in [-0.1, -0.05) is 13.8 Å². The van der Waals surface area contributed by atoms with E-state index in [1.165, 1.54) is 12.3 Å². The Morgan fingerprint density at radius 3 is 2.68 bits per heavy atom. The van der Waals surface area contributed by atoms with Crippen LogP contribution in [0.5, 0.6) is 0 Å². The summed E-state index contributed by atoms with van der Waals surface area (Å²) in [5, 5.41) is 29.8. The van der Waals surface area contributed by atoms with Crippen LogP contribution < -0.4 is 11.4 Å². The number of aliphatic hydroxyl groups excluding tert-OH is 3. The van der Waals surface area contributed by atoms with Crippen LogP contribution in [0.3, 0.4) is 0 Å². The average Bonchev–Trinajstić information content (AvgIpc) is 2.70. The molecule has 1 saturated heterocycles. The van der Waals surface area contributed by atoms with Gasteiger partial charge in [0.2, 0.25) is 0 Å². The van der Waals surface area contributed by atoms with Crippen molar-refractivity contribution in [2.45, 2.75) is 50.7 Å². The van der Waals surface area contributed by atoms with Crippen molar-refractivity contribution in [3.8, 4) is 0 Å². The zero-order valence-corrected chi connectivity index (χ0v) is 12.7. The molecule has 1 aliphatic heterocycles. The van der Waals surface area contributed by atoms with E-state index in [9.17, 15) is 20.1 Å². The highest BCUT2D eigenvalue weighted by Crippen LogP contribution is 2.39. The lowest BCUT2D eigenvalue weighted by atomic mass is 9.94. The molecule has 2 rings (SSSR count). The molecule has 0 spiro atoms. The minimum Gasteiger partial charge on any atom is -0.394 e. The highest BCUT2D eigenvalue weighted by atomic mass is 16.6. The smallest absolute Gasteiger partial charge is 0.351 e. The number of hydrogen-bond acceptors (Lipinski definition) is 7. The Bertz CT molecular complexity index is 576. The molecule has 0 saturated carbocycles. The first-order valence-corrected chi connectivity index (χ1v) is 7.32. The van der Waals surface area contributed by atoms with Crippen LogP contribution in [0.2, 0.25) is 0 Å². The van der Waals surface area contributed by atoms with E-state index in [0.717, 1.165) is 4.57 Å². The molecular weight excluding hydrogens is 290 g/mol. The van der Waals surface area contributed by atoms with Gasteiger partial charge in [-0.2, -0.15) is 4.98 Å². The number of anilines is 1. The molecule has 0 aromatic carbocycles. The first-order valence-electron chi connectivity index (χ1n) is 7.32. The van der Waals surface area contributed by atoms with Gasteiger partial charge in [-0.25, -0.2) is 4.79 Å². The predicted molar refractivity (Wildman–Crippen MR) is 78.9 cm³/mol. The van der Waals surface area contributed by atoms with Gasteiger partial charge in [-0.15, -0.1) is 0 Å². The quantitative estimate of drug-likeness (QED) is 0.550. The normalized spacial score (nSPS) is 31.8. The van der Waals surface area contributed by atoms with Crippen molar-refractivity contribution in [2.24, 2.45) is 5.92 Å². The summed E-state index contributed by atoms with van der Waals surface area (Å²) < 4.78 is 6.86. The molecular formula is C14H23N3O5. The molecule has 0 radical (unpaired) electrons. The first kappa shape index (κ1) is 16.9. The van der Waals surface area contributed by atoms with Crippen LogP contribution in [0.4, 0.5) is 5.82 Å². The Hall–Kier alpha value is -1.48. The zero-order valence-electron chi connectivity index (χ0n) is 12.7. The second-order valence-electron chi connectivity index (χ2n) is 6.06. The summed E-state index contributed by atoms with van der Waals surface area (Å²) in [6, 6.07) is 1.42. The topological polar surface area (TPSA) is 131 Å². The van der Waals surface area contributed by atoms with Gasteiger partial charge in [0.25, 0.3) is 0 Å². The molecule has 8 heteroatoms. The third kappa shape index (κ3) is 2.87. The van der Waals surface area contributed by atoms with Gasteiger partial charge in [0, 0.05) is 6.20 Å². The summed E-state index contributed by atoms with van der Waals surface area (Å²) >= 11 is 0. The summed E-state index contributed by atoms with van der Waals surface area (Å²) in [4.78, 5) is 15.8. The highest BCUT2D eigenvalue weighted by Gasteiger charge is 2.55. The summed E-state index contributed by atoms with van der Waals surface area (Å²) in [6.07, 6.45) is -1.27. The number of nitrogens with zero attached hydrogens (tertiary/aromatic N) is 2. The minimum atomic E-state index is -1.46. The van der Waals surface area contributed by atoms with Gasteiger partial charge in [0.15, 0.2) is 5.72 Å². The molecule has 8 nitrogen and oxygen atoms in total. The third-order valence-corrected chi connectivity index (χ3v) is 4.01. The van der Waals surface area contributed by atoms with Crippen molar-refractivity contribution in [1.82, 2.24) is 9.55 Å². The molecule has 1 aromatic heterocycles. The summed E-state index contributed by atoms with van der Waals surface area (Å²) in [5.74, 6) is 0.363. The van der Waals surface area contributed by atoms with Gasteiger partial charge < -0.3 is 25.8 Å². The second-order valence-corrected chi connectivity index (χ2v) is 6.06. The van der Waals surface area contributed by atoms with E-state index in [-0.39, 0.29) is 5.82 Å². The van der Waals surface area contributed by atoms with Crippen LogP contribution in [0.15, 0.2) is 17.1 Å². The van der Waals surface area contributed by atoms with Crippen LogP contribution >= 0.6 is 0 Å². The fourth-order valence-electron chi connectivity index (χ4n) is 2.74. The van der Waals surface area contributed by atoms with E-state index in [1.54, 1.807) is 0 Å². The molecule has 1 aromatic rings. The second kappa shape index (κ2) is 6.33. The van der Waals surface area contributed by atoms with E-state index >= 15 is 0 Å². The van der Waals surface area contributed by atoms with Gasteiger partial charge in [-0.05, 0) is 24.8 Å². The monoisotopic (exact) mass is 313 g/mol. The van der Waals surface area contributed by atoms with Crippen molar-refractivity contribution in [3.05, 3.63) is 22.7 Å². The number of ether oxygens (including phenoxy) is 1. The van der Waals surface area contributed by atoms with Gasteiger partial charge >= 0.3 is 5.69 Å². The lowest BCUT2D eigenvalue weighted by Gasteiger charge is -2.34. The van der Waals surface area contributed by atoms with Crippen LogP contribution in [-0.2, 0) is 10.5 Å². The van der Waals surface area contributed by atoms with Crippen LogP contribution in [-0.4, -0.2) is 49.8 Å². The van der Waals surface area contributed by atoms with Gasteiger partial charge in [0.1, 0.15) is 24.1 Å². The molecule has 5 N–H and O–H groups in total. The molecule has 0 unspecified atom stereocenters. The van der Waals surface area contributed by atoms with E-state index in [1.807, 2.05) is 13.8 Å². The fraction of sp³-hybridized carbons (Fsp3) is 0.714. The zero-order chi connectivity index (χ0) is 16.5. The maximum atomic E-state index is 12.2. The average molecular weight is 313 g/mol. The van der Waals surface area contributed by atoms with Crippen LogP contribution in [0, 0.1) is 5.92 Å². The van der Waals surface area contributed by atoms with Crippen molar-refractivity contribution >= 4 is 5.82 Å². The van der Waals surface area contributed by atoms with Crippen molar-refractivity contribution in [2.75, 3.05) is 12.3 Å². The van der Waals surface area contributed by atoms with Crippen LogP contribution in [0.1, 0.15) is 26.7 Å². The van der Waals surface area contributed by atoms with Crippen molar-refractivity contribution in [1.29, 1.82) is 0 Å². The Morgan fingerprint density at radius 2 is 2.18 bits per heavy atom. The summed E-state index contributed by atoms with van der Waals surface area (Å²) in [5.41, 5.74) is 3.35. The molecule has 4 atom stereocenters. The fourth-order valence-corrected chi connectivity index (χ4v) is 2.74. The van der Waals surface area contributed by atoms with E-state index in [0.29, 0.717) is 18.8 Å². The molecule has 0 amide bonds. The molecule has 124 valence electrons. The van der Waals surface area contributed by atoms with E-state index in [4.69, 9.17) is 10.5 Å². The van der Waals surface area contributed by atoms with E-state index < -0.39 is 36.3 Å². The van der Waals surface area contributed by atoms with Crippen LogP contribution in [0.25, 0.3) is 0 Å². The highest BCUT2D eigenvalue weighted by molar-refractivity contribution is 5.24. The Kier molecular flexibility index (Phi) is 4.86. The molecule has 22 heavy (non-hydrogen) atoms. The number of aromatic nitrogens is 2. The number of rotatable bonds is 5. The maximum absolute atomic E-state index is 12.2. The summed E-state index contributed by atoms with van der Waals surface area (Å²) in [6.45, 7) is 3.54. The van der Waals surface area contributed by atoms with Crippen molar-refractivity contribution in [3.63, 3.8) is 0 Å². The van der Waals surface area contributed by atoms with E-state index in [2.05, 4.69) is 4.98 Å². The lowest BCUT2D eigenvalue weighted by molar-refractivity contribution is -0.157. The number of aliphatic hydroxyl groups is 3. The number of nitrogens with two attached hydrogens (primary N) is 1. The minimum absolute atomic E-state index is 0.0620.